The van der Waals surface area contributed by atoms with Gasteiger partial charge in [0.2, 0.25) is 0 Å². The van der Waals surface area contributed by atoms with Gasteiger partial charge >= 0.3 is 0 Å². The van der Waals surface area contributed by atoms with Crippen LogP contribution in [0, 0.1) is 19.8 Å². The predicted molar refractivity (Wildman–Crippen MR) is 71.1 cm³/mol. The minimum atomic E-state index is 0.103. The fourth-order valence-corrected chi connectivity index (χ4v) is 3.61. The molecule has 2 aliphatic rings. The molecule has 1 saturated heterocycles. The Labute approximate surface area is 113 Å². The number of fused-ring (bicyclic) bond motifs is 2. The van der Waals surface area contributed by atoms with E-state index in [-0.39, 0.29) is 18.1 Å². The highest BCUT2D eigenvalue weighted by atomic mass is 16.5. The number of hydrogen-bond acceptors (Lipinski definition) is 3. The molecule has 3 rings (SSSR count). The summed E-state index contributed by atoms with van der Waals surface area (Å²) in [6.45, 7) is 7.31. The van der Waals surface area contributed by atoms with Gasteiger partial charge in [-0.1, -0.05) is 0 Å². The fraction of sp³-hybridized carbons (Fsp3) is 0.667. The molecule has 1 amide bonds. The monoisotopic (exact) mass is 263 g/mol. The van der Waals surface area contributed by atoms with Gasteiger partial charge in [-0.15, -0.1) is 0 Å². The summed E-state index contributed by atoms with van der Waals surface area (Å²) in [5.41, 5.74) is 0.709. The minimum absolute atomic E-state index is 0.103. The van der Waals surface area contributed by atoms with Gasteiger partial charge in [-0.05, 0) is 39.7 Å². The van der Waals surface area contributed by atoms with Crippen LogP contribution in [0.4, 0.5) is 0 Å². The maximum atomic E-state index is 12.6. The Hall–Kier alpha value is -1.29. The zero-order valence-corrected chi connectivity index (χ0v) is 11.8. The molecule has 2 bridgehead atoms. The molecule has 1 aromatic rings. The smallest absolute Gasteiger partial charge is 0.257 e. The van der Waals surface area contributed by atoms with E-state index in [0.717, 1.165) is 31.1 Å². The molecule has 0 radical (unpaired) electrons. The standard InChI is InChI=1S/C15H21NO3/c1-4-18-14-11-5-6-13(14)16(8-11)15(17)12-7-9(2)19-10(12)3/h7,11,13-14H,4-6,8H2,1-3H3. The summed E-state index contributed by atoms with van der Waals surface area (Å²) in [4.78, 5) is 14.6. The predicted octanol–water partition coefficient (Wildman–Crippen LogP) is 2.54. The maximum absolute atomic E-state index is 12.6. The summed E-state index contributed by atoms with van der Waals surface area (Å²) in [7, 11) is 0. The number of likely N-dealkylation sites (tertiary alicyclic amines) is 1. The van der Waals surface area contributed by atoms with Crippen molar-refractivity contribution in [1.82, 2.24) is 4.90 Å². The molecule has 1 aliphatic heterocycles. The second kappa shape index (κ2) is 4.67. The zero-order chi connectivity index (χ0) is 13.6. The summed E-state index contributed by atoms with van der Waals surface area (Å²) in [5.74, 6) is 2.14. The van der Waals surface area contributed by atoms with Crippen LogP contribution in [0.5, 0.6) is 0 Å². The lowest BCUT2D eigenvalue weighted by Crippen LogP contribution is -2.40. The Balaban J connectivity index is 1.81. The van der Waals surface area contributed by atoms with E-state index >= 15 is 0 Å². The molecule has 0 aromatic carbocycles. The molecule has 2 fully saturated rings. The average Bonchev–Trinajstić information content (AvgIpc) is 3.02. The summed E-state index contributed by atoms with van der Waals surface area (Å²) in [6, 6.07) is 2.10. The number of carbonyl (C=O) groups excluding carboxylic acids is 1. The lowest BCUT2D eigenvalue weighted by Gasteiger charge is -2.27. The number of piperidine rings is 1. The molecule has 0 N–H and O–H groups in total. The number of rotatable bonds is 3. The molecule has 2 heterocycles. The summed E-state index contributed by atoms with van der Waals surface area (Å²) in [5, 5.41) is 0. The lowest BCUT2D eigenvalue weighted by atomic mass is 10.1. The van der Waals surface area contributed by atoms with Crippen LogP contribution in [0.15, 0.2) is 10.5 Å². The third kappa shape index (κ3) is 1.98. The number of amides is 1. The molecular formula is C15H21NO3. The Morgan fingerprint density at radius 2 is 2.26 bits per heavy atom. The first kappa shape index (κ1) is 12.7. The molecule has 19 heavy (non-hydrogen) atoms. The van der Waals surface area contributed by atoms with Crippen LogP contribution >= 0.6 is 0 Å². The van der Waals surface area contributed by atoms with Gasteiger partial charge in [0.05, 0.1) is 17.7 Å². The number of nitrogens with zero attached hydrogens (tertiary/aromatic N) is 1. The second-order valence-electron chi connectivity index (χ2n) is 5.61. The number of hydrogen-bond donors (Lipinski definition) is 0. The molecule has 3 atom stereocenters. The summed E-state index contributed by atoms with van der Waals surface area (Å²) in [6.07, 6.45) is 2.49. The van der Waals surface area contributed by atoms with Gasteiger partial charge in [-0.3, -0.25) is 4.79 Å². The number of furan rings is 1. The number of carbonyl (C=O) groups is 1. The van der Waals surface area contributed by atoms with Crippen LogP contribution in [-0.4, -0.2) is 36.1 Å². The third-order valence-electron chi connectivity index (χ3n) is 4.40. The first-order valence-corrected chi connectivity index (χ1v) is 7.11. The van der Waals surface area contributed by atoms with E-state index in [1.54, 1.807) is 0 Å². The Kier molecular flexibility index (Phi) is 3.13. The van der Waals surface area contributed by atoms with Crippen molar-refractivity contribution in [2.75, 3.05) is 13.2 Å². The molecule has 1 aliphatic carbocycles. The molecule has 0 spiro atoms. The highest BCUT2D eigenvalue weighted by Crippen LogP contribution is 2.40. The van der Waals surface area contributed by atoms with Gasteiger partial charge in [0.25, 0.3) is 5.91 Å². The topological polar surface area (TPSA) is 42.7 Å². The highest BCUT2D eigenvalue weighted by Gasteiger charge is 2.49. The Bertz CT molecular complexity index is 494. The van der Waals surface area contributed by atoms with E-state index in [1.165, 1.54) is 6.42 Å². The molecule has 4 nitrogen and oxygen atoms in total. The van der Waals surface area contributed by atoms with Crippen LogP contribution in [0.2, 0.25) is 0 Å². The van der Waals surface area contributed by atoms with Crippen LogP contribution in [0.25, 0.3) is 0 Å². The van der Waals surface area contributed by atoms with Crippen LogP contribution in [-0.2, 0) is 4.74 Å². The molecule has 104 valence electrons. The largest absolute Gasteiger partial charge is 0.466 e. The molecule has 1 saturated carbocycles. The Morgan fingerprint density at radius 3 is 2.89 bits per heavy atom. The number of aryl methyl sites for hydroxylation is 2. The molecule has 4 heteroatoms. The van der Waals surface area contributed by atoms with Gasteiger partial charge in [-0.25, -0.2) is 0 Å². The SMILES string of the molecule is CCOC1C2CCC1N(C(=O)c1cc(C)oc1C)C2. The van der Waals surface area contributed by atoms with Crippen LogP contribution < -0.4 is 0 Å². The fourth-order valence-electron chi connectivity index (χ4n) is 3.61. The van der Waals surface area contributed by atoms with Crippen LogP contribution in [0.1, 0.15) is 41.6 Å². The van der Waals surface area contributed by atoms with E-state index in [4.69, 9.17) is 9.15 Å². The van der Waals surface area contributed by atoms with Gasteiger partial charge in [0.15, 0.2) is 0 Å². The zero-order valence-electron chi connectivity index (χ0n) is 11.8. The van der Waals surface area contributed by atoms with Crippen molar-refractivity contribution in [1.29, 1.82) is 0 Å². The van der Waals surface area contributed by atoms with E-state index in [2.05, 4.69) is 0 Å². The third-order valence-corrected chi connectivity index (χ3v) is 4.40. The van der Waals surface area contributed by atoms with Crippen LogP contribution in [0.3, 0.4) is 0 Å². The lowest BCUT2D eigenvalue weighted by molar-refractivity contribution is 0.0332. The molecule has 3 unspecified atom stereocenters. The summed E-state index contributed by atoms with van der Waals surface area (Å²) >= 11 is 0. The van der Waals surface area contributed by atoms with Crippen molar-refractivity contribution in [2.24, 2.45) is 5.92 Å². The van der Waals surface area contributed by atoms with E-state index in [0.29, 0.717) is 11.5 Å². The maximum Gasteiger partial charge on any atom is 0.257 e. The van der Waals surface area contributed by atoms with Gasteiger partial charge in [0, 0.05) is 19.1 Å². The quantitative estimate of drug-likeness (QED) is 0.841. The van der Waals surface area contributed by atoms with Crippen molar-refractivity contribution in [3.05, 3.63) is 23.2 Å². The van der Waals surface area contributed by atoms with E-state index in [1.807, 2.05) is 31.7 Å². The highest BCUT2D eigenvalue weighted by molar-refractivity contribution is 5.95. The average molecular weight is 263 g/mol. The normalized spacial score (nSPS) is 29.2. The van der Waals surface area contributed by atoms with Gasteiger partial charge in [0.1, 0.15) is 11.5 Å². The summed E-state index contributed by atoms with van der Waals surface area (Å²) < 4.78 is 11.3. The number of ether oxygens (including phenoxy) is 1. The second-order valence-corrected chi connectivity index (χ2v) is 5.61. The molecule has 1 aromatic heterocycles. The van der Waals surface area contributed by atoms with Gasteiger partial charge < -0.3 is 14.1 Å². The van der Waals surface area contributed by atoms with Crippen molar-refractivity contribution in [2.45, 2.75) is 45.8 Å². The first-order chi connectivity index (χ1) is 9.11. The van der Waals surface area contributed by atoms with Crippen molar-refractivity contribution < 1.29 is 13.9 Å². The first-order valence-electron chi connectivity index (χ1n) is 7.11. The van der Waals surface area contributed by atoms with Crippen molar-refractivity contribution in [3.8, 4) is 0 Å². The van der Waals surface area contributed by atoms with Gasteiger partial charge in [-0.2, -0.15) is 0 Å². The minimum Gasteiger partial charge on any atom is -0.466 e. The van der Waals surface area contributed by atoms with Crippen molar-refractivity contribution in [3.63, 3.8) is 0 Å². The van der Waals surface area contributed by atoms with E-state index in [9.17, 15) is 4.79 Å². The van der Waals surface area contributed by atoms with Crippen molar-refractivity contribution >= 4 is 5.91 Å². The van der Waals surface area contributed by atoms with E-state index < -0.39 is 0 Å². The Morgan fingerprint density at radius 1 is 1.47 bits per heavy atom. The molecular weight excluding hydrogens is 242 g/mol.